The lowest BCUT2D eigenvalue weighted by molar-refractivity contribution is -0.137. The van der Waals surface area contributed by atoms with Crippen molar-refractivity contribution in [1.82, 2.24) is 9.55 Å². The van der Waals surface area contributed by atoms with Gasteiger partial charge in [-0.1, -0.05) is 43.9 Å². The highest BCUT2D eigenvalue weighted by molar-refractivity contribution is 6.76. The van der Waals surface area contributed by atoms with E-state index >= 15 is 0 Å². The van der Waals surface area contributed by atoms with Crippen LogP contribution < -0.4 is 5.32 Å². The summed E-state index contributed by atoms with van der Waals surface area (Å²) in [5, 5.41) is 3.10. The van der Waals surface area contributed by atoms with Gasteiger partial charge in [0.2, 0.25) is 0 Å². The lowest BCUT2D eigenvalue weighted by atomic mass is 10.1. The summed E-state index contributed by atoms with van der Waals surface area (Å²) in [7, 11) is 0.611. The van der Waals surface area contributed by atoms with Crippen molar-refractivity contribution in [2.24, 2.45) is 0 Å². The predicted octanol–water partition coefficient (Wildman–Crippen LogP) is 6.59. The summed E-state index contributed by atoms with van der Waals surface area (Å²) in [4.78, 5) is 4.67. The molecular weight excluding hydrogens is 419 g/mol. The maximum Gasteiger partial charge on any atom is 0.416 e. The van der Waals surface area contributed by atoms with Gasteiger partial charge in [0.05, 0.1) is 11.3 Å². The number of alkyl halides is 3. The Labute approximate surface area is 182 Å². The zero-order valence-electron chi connectivity index (χ0n) is 18.3. The van der Waals surface area contributed by atoms with E-state index in [9.17, 15) is 13.2 Å². The second-order valence-corrected chi connectivity index (χ2v) is 14.3. The predicted molar refractivity (Wildman–Crippen MR) is 122 cm³/mol. The maximum absolute atomic E-state index is 13.2. The van der Waals surface area contributed by atoms with E-state index in [4.69, 9.17) is 4.74 Å². The van der Waals surface area contributed by atoms with Crippen molar-refractivity contribution >= 4 is 13.8 Å². The number of hydrogen-bond acceptors (Lipinski definition) is 3. The molecule has 1 aromatic heterocycles. The van der Waals surface area contributed by atoms with E-state index in [2.05, 4.69) is 29.9 Å². The molecule has 1 heterocycles. The van der Waals surface area contributed by atoms with Crippen LogP contribution in [0.25, 0.3) is 22.6 Å². The molecule has 0 bridgehead atoms. The molecule has 0 unspecified atom stereocenters. The second kappa shape index (κ2) is 9.28. The Hall–Kier alpha value is -2.58. The average Bonchev–Trinajstić information content (AvgIpc) is 3.14. The van der Waals surface area contributed by atoms with E-state index in [-0.39, 0.29) is 6.73 Å². The van der Waals surface area contributed by atoms with Gasteiger partial charge in [-0.2, -0.15) is 13.2 Å². The molecule has 0 atom stereocenters. The number of benzene rings is 2. The number of nitrogens with one attached hydrogen (secondary N) is 1. The van der Waals surface area contributed by atoms with Gasteiger partial charge in [-0.25, -0.2) is 4.98 Å². The standard InChI is InChI=1S/C23H28F3N3OSi/c1-27-20-10-6-8-18(14-20)22-28-21(15-29(22)16-30-11-12-31(2,3)4)17-7-5-9-19(13-17)23(24,25)26/h5-10,13-15,27H,11-12,16H2,1-4H3. The molecule has 166 valence electrons. The van der Waals surface area contributed by atoms with E-state index in [1.54, 1.807) is 12.3 Å². The summed E-state index contributed by atoms with van der Waals surface area (Å²) in [5.74, 6) is 0.650. The van der Waals surface area contributed by atoms with Crippen molar-refractivity contribution in [2.45, 2.75) is 38.6 Å². The number of aromatic nitrogens is 2. The van der Waals surface area contributed by atoms with Crippen LogP contribution in [0.4, 0.5) is 18.9 Å². The van der Waals surface area contributed by atoms with Crippen LogP contribution in [0.5, 0.6) is 0 Å². The number of rotatable bonds is 8. The number of hydrogen-bond donors (Lipinski definition) is 1. The Morgan fingerprint density at radius 2 is 1.74 bits per heavy atom. The van der Waals surface area contributed by atoms with Gasteiger partial charge in [0.1, 0.15) is 12.6 Å². The van der Waals surface area contributed by atoms with Gasteiger partial charge in [0.15, 0.2) is 0 Å². The van der Waals surface area contributed by atoms with Crippen molar-refractivity contribution < 1.29 is 17.9 Å². The zero-order valence-corrected chi connectivity index (χ0v) is 19.3. The van der Waals surface area contributed by atoms with E-state index in [0.29, 0.717) is 23.7 Å². The van der Waals surface area contributed by atoms with Gasteiger partial charge in [-0.3, -0.25) is 0 Å². The Morgan fingerprint density at radius 1 is 1.03 bits per heavy atom. The Morgan fingerprint density at radius 3 is 2.42 bits per heavy atom. The molecule has 0 aliphatic heterocycles. The van der Waals surface area contributed by atoms with Crippen molar-refractivity contribution in [1.29, 1.82) is 0 Å². The van der Waals surface area contributed by atoms with Gasteiger partial charge < -0.3 is 14.6 Å². The molecular formula is C23H28F3N3OSi. The lowest BCUT2D eigenvalue weighted by Gasteiger charge is -2.16. The number of imidazole rings is 1. The number of halogens is 3. The minimum atomic E-state index is -4.40. The minimum absolute atomic E-state index is 0.287. The first-order chi connectivity index (χ1) is 14.6. The summed E-state index contributed by atoms with van der Waals surface area (Å²) in [5.41, 5.74) is 1.99. The summed E-state index contributed by atoms with van der Waals surface area (Å²) < 4.78 is 47.3. The normalized spacial score (nSPS) is 12.2. The quantitative estimate of drug-likeness (QED) is 0.313. The first-order valence-electron chi connectivity index (χ1n) is 10.2. The first kappa shape index (κ1) is 23.1. The van der Waals surface area contributed by atoms with Crippen LogP contribution in [-0.2, 0) is 17.6 Å². The molecule has 0 radical (unpaired) electrons. The fourth-order valence-electron chi connectivity index (χ4n) is 3.09. The summed E-state index contributed by atoms with van der Waals surface area (Å²) >= 11 is 0. The van der Waals surface area contributed by atoms with Crippen LogP contribution in [0.1, 0.15) is 5.56 Å². The maximum atomic E-state index is 13.2. The third kappa shape index (κ3) is 6.21. The number of anilines is 1. The highest BCUT2D eigenvalue weighted by Gasteiger charge is 2.30. The molecule has 0 saturated heterocycles. The third-order valence-electron chi connectivity index (χ3n) is 4.90. The average molecular weight is 448 g/mol. The smallest absolute Gasteiger partial charge is 0.388 e. The van der Waals surface area contributed by atoms with Crippen LogP contribution in [0.3, 0.4) is 0 Å². The molecule has 2 aromatic carbocycles. The molecule has 3 rings (SSSR count). The molecule has 0 amide bonds. The highest BCUT2D eigenvalue weighted by Crippen LogP contribution is 2.33. The van der Waals surface area contributed by atoms with E-state index in [0.717, 1.165) is 29.4 Å². The van der Waals surface area contributed by atoms with Crippen molar-refractivity contribution in [3.05, 3.63) is 60.3 Å². The van der Waals surface area contributed by atoms with Crippen molar-refractivity contribution in [3.63, 3.8) is 0 Å². The zero-order chi connectivity index (χ0) is 22.6. The van der Waals surface area contributed by atoms with Crippen LogP contribution >= 0.6 is 0 Å². The fraction of sp³-hybridized carbons (Fsp3) is 0.348. The molecule has 1 N–H and O–H groups in total. The van der Waals surface area contributed by atoms with Crippen molar-refractivity contribution in [3.8, 4) is 22.6 Å². The molecule has 0 aliphatic carbocycles. The van der Waals surface area contributed by atoms with Gasteiger partial charge in [-0.05, 0) is 30.3 Å². The summed E-state index contributed by atoms with van der Waals surface area (Å²) in [6.45, 7) is 7.79. The molecule has 0 aliphatic rings. The van der Waals surface area contributed by atoms with E-state index in [1.807, 2.05) is 35.9 Å². The second-order valence-electron chi connectivity index (χ2n) is 8.68. The molecule has 0 fully saturated rings. The third-order valence-corrected chi connectivity index (χ3v) is 6.60. The van der Waals surface area contributed by atoms with Gasteiger partial charge >= 0.3 is 6.18 Å². The summed E-state index contributed by atoms with van der Waals surface area (Å²) in [6, 6.07) is 14.0. The largest absolute Gasteiger partial charge is 0.416 e. The SMILES string of the molecule is CNc1cccc(-c2nc(-c3cccc(C(F)(F)F)c3)cn2COCC[Si](C)(C)C)c1. The Balaban J connectivity index is 1.95. The van der Waals surface area contributed by atoms with Gasteiger partial charge in [0.25, 0.3) is 0 Å². The Bertz CT molecular complexity index is 1030. The molecule has 0 spiro atoms. The molecule has 3 aromatic rings. The monoisotopic (exact) mass is 447 g/mol. The molecule has 31 heavy (non-hydrogen) atoms. The fourth-order valence-corrected chi connectivity index (χ4v) is 3.85. The lowest BCUT2D eigenvalue weighted by Crippen LogP contribution is -2.22. The number of ether oxygens (including phenoxy) is 1. The van der Waals surface area contributed by atoms with Crippen molar-refractivity contribution in [2.75, 3.05) is 19.0 Å². The van der Waals surface area contributed by atoms with Crippen LogP contribution in [0.2, 0.25) is 25.7 Å². The number of nitrogens with zero attached hydrogens (tertiary/aromatic N) is 2. The van der Waals surface area contributed by atoms with E-state index < -0.39 is 19.8 Å². The van der Waals surface area contributed by atoms with E-state index in [1.165, 1.54) is 6.07 Å². The van der Waals surface area contributed by atoms with Gasteiger partial charge in [-0.15, -0.1) is 0 Å². The van der Waals surface area contributed by atoms with Crippen LogP contribution in [0, 0.1) is 0 Å². The highest BCUT2D eigenvalue weighted by atomic mass is 28.3. The topological polar surface area (TPSA) is 39.1 Å². The molecule has 0 saturated carbocycles. The molecule has 4 nitrogen and oxygen atoms in total. The van der Waals surface area contributed by atoms with Crippen LogP contribution in [-0.4, -0.2) is 31.3 Å². The molecule has 8 heteroatoms. The Kier molecular flexibility index (Phi) is 6.91. The van der Waals surface area contributed by atoms with Gasteiger partial charge in [0, 0.05) is 44.7 Å². The first-order valence-corrected chi connectivity index (χ1v) is 13.9. The minimum Gasteiger partial charge on any atom is -0.388 e. The van der Waals surface area contributed by atoms with Crippen LogP contribution in [0.15, 0.2) is 54.7 Å². The summed E-state index contributed by atoms with van der Waals surface area (Å²) in [6.07, 6.45) is -2.64.